The van der Waals surface area contributed by atoms with Crippen LogP contribution in [0.4, 0.5) is 0 Å². The Morgan fingerprint density at radius 3 is 2.28 bits per heavy atom. The smallest absolute Gasteiger partial charge is 0.252 e. The molecule has 4 nitrogen and oxygen atoms in total. The van der Waals surface area contributed by atoms with Crippen LogP contribution in [-0.4, -0.2) is 37.9 Å². The van der Waals surface area contributed by atoms with Gasteiger partial charge >= 0.3 is 0 Å². The highest BCUT2D eigenvalue weighted by Crippen LogP contribution is 2.25. The van der Waals surface area contributed by atoms with Crippen molar-refractivity contribution in [3.8, 4) is 0 Å². The zero-order valence-electron chi connectivity index (χ0n) is 10.7. The molecule has 0 aliphatic carbocycles. The number of thiophene rings is 1. The Morgan fingerprint density at radius 1 is 1.28 bits per heavy atom. The molecule has 104 valence electrons. The molecule has 2 unspecified atom stereocenters. The molecular formula is C11H19ClN2O2S2. The topological polar surface area (TPSA) is 49.4 Å². The Kier molecular flexibility index (Phi) is 5.20. The van der Waals surface area contributed by atoms with E-state index in [1.807, 2.05) is 26.8 Å². The molecule has 2 rings (SSSR count). The quantitative estimate of drug-likeness (QED) is 0.907. The van der Waals surface area contributed by atoms with Gasteiger partial charge in [0.05, 0.1) is 0 Å². The average molecular weight is 311 g/mol. The molecule has 2 heterocycles. The highest BCUT2D eigenvalue weighted by molar-refractivity contribution is 7.91. The fraction of sp³-hybridized carbons (Fsp3) is 0.636. The summed E-state index contributed by atoms with van der Waals surface area (Å²) in [5.41, 5.74) is 0. The van der Waals surface area contributed by atoms with Crippen LogP contribution in [0.1, 0.15) is 18.7 Å². The minimum atomic E-state index is -3.30. The number of piperazine rings is 1. The monoisotopic (exact) mass is 310 g/mol. The van der Waals surface area contributed by atoms with Gasteiger partial charge in [-0.1, -0.05) is 0 Å². The van der Waals surface area contributed by atoms with E-state index in [0.29, 0.717) is 17.3 Å². The minimum absolute atomic E-state index is 0. The Bertz CT molecular complexity index is 491. The van der Waals surface area contributed by atoms with E-state index in [9.17, 15) is 8.42 Å². The molecule has 1 aliphatic heterocycles. The van der Waals surface area contributed by atoms with Crippen molar-refractivity contribution >= 4 is 33.8 Å². The SMILES string of the molecule is Cc1ccc(S(=O)(=O)N2CC(C)NC(C)C2)s1.Cl. The van der Waals surface area contributed by atoms with E-state index in [1.54, 1.807) is 10.4 Å². The molecule has 7 heteroatoms. The van der Waals surface area contributed by atoms with E-state index in [2.05, 4.69) is 5.32 Å². The minimum Gasteiger partial charge on any atom is -0.309 e. The molecular weight excluding hydrogens is 292 g/mol. The van der Waals surface area contributed by atoms with Crippen LogP contribution in [0.25, 0.3) is 0 Å². The third-order valence-electron chi connectivity index (χ3n) is 2.83. The van der Waals surface area contributed by atoms with Crippen molar-refractivity contribution in [3.05, 3.63) is 17.0 Å². The van der Waals surface area contributed by atoms with E-state index in [0.717, 1.165) is 4.88 Å². The summed E-state index contributed by atoms with van der Waals surface area (Å²) in [6.45, 7) is 7.04. The van der Waals surface area contributed by atoms with Gasteiger partial charge in [-0.25, -0.2) is 8.42 Å². The molecule has 1 aliphatic rings. The molecule has 1 aromatic rings. The number of nitrogens with zero attached hydrogens (tertiary/aromatic N) is 1. The van der Waals surface area contributed by atoms with E-state index in [-0.39, 0.29) is 24.5 Å². The predicted octanol–water partition coefficient (Wildman–Crippen LogP) is 1.85. The van der Waals surface area contributed by atoms with Crippen molar-refractivity contribution in [2.24, 2.45) is 0 Å². The number of aryl methyl sites for hydroxylation is 1. The van der Waals surface area contributed by atoms with Crippen molar-refractivity contribution in [2.75, 3.05) is 13.1 Å². The summed E-state index contributed by atoms with van der Waals surface area (Å²) >= 11 is 1.34. The van der Waals surface area contributed by atoms with Crippen molar-refractivity contribution in [1.29, 1.82) is 0 Å². The third kappa shape index (κ3) is 3.24. The second-order valence-corrected chi connectivity index (χ2v) is 8.11. The summed E-state index contributed by atoms with van der Waals surface area (Å²) in [5, 5.41) is 3.34. The zero-order chi connectivity index (χ0) is 12.6. The van der Waals surface area contributed by atoms with Gasteiger partial charge in [-0.2, -0.15) is 4.31 Å². The lowest BCUT2D eigenvalue weighted by molar-refractivity contribution is 0.263. The molecule has 0 amide bonds. The molecule has 1 aromatic heterocycles. The van der Waals surface area contributed by atoms with Crippen LogP contribution in [0.15, 0.2) is 16.3 Å². The molecule has 0 radical (unpaired) electrons. The number of hydrogen-bond donors (Lipinski definition) is 1. The van der Waals surface area contributed by atoms with E-state index < -0.39 is 10.0 Å². The first kappa shape index (κ1) is 15.9. The second-order valence-electron chi connectivity index (χ2n) is 4.66. The maximum atomic E-state index is 12.4. The summed E-state index contributed by atoms with van der Waals surface area (Å²) in [6, 6.07) is 3.96. The number of halogens is 1. The highest BCUT2D eigenvalue weighted by atomic mass is 35.5. The Labute approximate surface area is 119 Å². The fourth-order valence-electron chi connectivity index (χ4n) is 2.15. The maximum absolute atomic E-state index is 12.4. The summed E-state index contributed by atoms with van der Waals surface area (Å²) in [6.07, 6.45) is 0. The number of sulfonamides is 1. The molecule has 0 spiro atoms. The lowest BCUT2D eigenvalue weighted by Gasteiger charge is -2.34. The third-order valence-corrected chi connectivity index (χ3v) is 6.13. The van der Waals surface area contributed by atoms with Gasteiger partial charge in [0.1, 0.15) is 4.21 Å². The van der Waals surface area contributed by atoms with E-state index in [1.165, 1.54) is 11.3 Å². The number of nitrogens with one attached hydrogen (secondary N) is 1. The zero-order valence-corrected chi connectivity index (χ0v) is 13.2. The molecule has 1 saturated heterocycles. The first-order valence-corrected chi connectivity index (χ1v) is 7.98. The van der Waals surface area contributed by atoms with Gasteiger partial charge in [0, 0.05) is 30.1 Å². The Morgan fingerprint density at radius 2 is 1.83 bits per heavy atom. The summed E-state index contributed by atoms with van der Waals surface area (Å²) < 4.78 is 26.8. The van der Waals surface area contributed by atoms with Crippen LogP contribution >= 0.6 is 23.7 Å². The van der Waals surface area contributed by atoms with E-state index in [4.69, 9.17) is 0 Å². The van der Waals surface area contributed by atoms with Crippen LogP contribution in [-0.2, 0) is 10.0 Å². The molecule has 18 heavy (non-hydrogen) atoms. The lowest BCUT2D eigenvalue weighted by atomic mass is 10.2. The van der Waals surface area contributed by atoms with Gasteiger partial charge in [-0.15, -0.1) is 23.7 Å². The molecule has 0 saturated carbocycles. The highest BCUT2D eigenvalue weighted by Gasteiger charge is 2.31. The summed E-state index contributed by atoms with van der Waals surface area (Å²) in [5.74, 6) is 0. The van der Waals surface area contributed by atoms with Crippen LogP contribution in [0.2, 0.25) is 0 Å². The first-order valence-electron chi connectivity index (χ1n) is 5.72. The lowest BCUT2D eigenvalue weighted by Crippen LogP contribution is -2.55. The van der Waals surface area contributed by atoms with Crippen LogP contribution in [0.3, 0.4) is 0 Å². The van der Waals surface area contributed by atoms with Crippen LogP contribution < -0.4 is 5.32 Å². The maximum Gasteiger partial charge on any atom is 0.252 e. The standard InChI is InChI=1S/C11H18N2O2S2.ClH/c1-8-6-13(7-9(2)12-8)17(14,15)11-5-4-10(3)16-11;/h4-5,8-9,12H,6-7H2,1-3H3;1H. The molecule has 1 N–H and O–H groups in total. The van der Waals surface area contributed by atoms with E-state index >= 15 is 0 Å². The van der Waals surface area contributed by atoms with Gasteiger partial charge < -0.3 is 5.32 Å². The summed E-state index contributed by atoms with van der Waals surface area (Å²) in [7, 11) is -3.30. The second kappa shape index (κ2) is 5.88. The molecule has 0 bridgehead atoms. The Balaban J connectivity index is 0.00000162. The molecule has 0 aromatic carbocycles. The van der Waals surface area contributed by atoms with Crippen molar-refractivity contribution < 1.29 is 8.42 Å². The van der Waals surface area contributed by atoms with Gasteiger partial charge in [0.25, 0.3) is 10.0 Å². The van der Waals surface area contributed by atoms with Crippen LogP contribution in [0.5, 0.6) is 0 Å². The van der Waals surface area contributed by atoms with Gasteiger partial charge in [-0.3, -0.25) is 0 Å². The van der Waals surface area contributed by atoms with Crippen molar-refractivity contribution in [2.45, 2.75) is 37.1 Å². The summed E-state index contributed by atoms with van der Waals surface area (Å²) in [4.78, 5) is 1.03. The first-order chi connectivity index (χ1) is 7.89. The van der Waals surface area contributed by atoms with Crippen molar-refractivity contribution in [1.82, 2.24) is 9.62 Å². The normalized spacial score (nSPS) is 25.7. The van der Waals surface area contributed by atoms with Gasteiger partial charge in [0.15, 0.2) is 0 Å². The number of rotatable bonds is 2. The predicted molar refractivity (Wildman–Crippen MR) is 77.1 cm³/mol. The van der Waals surface area contributed by atoms with Crippen LogP contribution in [0, 0.1) is 6.92 Å². The van der Waals surface area contributed by atoms with Gasteiger partial charge in [-0.05, 0) is 32.9 Å². The van der Waals surface area contributed by atoms with Crippen molar-refractivity contribution in [3.63, 3.8) is 0 Å². The molecule has 2 atom stereocenters. The fourth-order valence-corrected chi connectivity index (χ4v) is 5.21. The van der Waals surface area contributed by atoms with Gasteiger partial charge in [0.2, 0.25) is 0 Å². The molecule has 1 fully saturated rings. The largest absolute Gasteiger partial charge is 0.309 e. The number of hydrogen-bond acceptors (Lipinski definition) is 4. The Hall–Kier alpha value is -0.140. The average Bonchev–Trinajstić information content (AvgIpc) is 2.64.